The Hall–Kier alpha value is -0.900. The Labute approximate surface area is 78.6 Å². The van der Waals surface area contributed by atoms with Gasteiger partial charge in [0, 0.05) is 5.71 Å². The van der Waals surface area contributed by atoms with Crippen molar-refractivity contribution in [2.45, 2.75) is 45.1 Å². The first-order chi connectivity index (χ1) is 6.07. The van der Waals surface area contributed by atoms with Crippen molar-refractivity contribution >= 4 is 11.7 Å². The van der Waals surface area contributed by atoms with Crippen LogP contribution in [-0.2, 0) is 4.79 Å². The molecule has 0 saturated heterocycles. The molecular weight excluding hydrogens is 168 g/mol. The third-order valence-corrected chi connectivity index (χ3v) is 1.99. The van der Waals surface area contributed by atoms with E-state index in [9.17, 15) is 4.79 Å². The number of hydrogen-bond acceptors (Lipinski definition) is 3. The van der Waals surface area contributed by atoms with Crippen molar-refractivity contribution < 1.29 is 9.90 Å². The van der Waals surface area contributed by atoms with Crippen LogP contribution in [0.25, 0.3) is 0 Å². The summed E-state index contributed by atoms with van der Waals surface area (Å²) in [5.41, 5.74) is 6.04. The normalized spacial score (nSPS) is 12.5. The number of carbonyl (C=O) groups is 1. The maximum atomic E-state index is 10.3. The molecule has 0 amide bonds. The first-order valence-corrected chi connectivity index (χ1v) is 4.62. The second-order valence-electron chi connectivity index (χ2n) is 3.15. The van der Waals surface area contributed by atoms with Gasteiger partial charge in [-0.15, -0.1) is 0 Å². The van der Waals surface area contributed by atoms with Crippen LogP contribution in [0.1, 0.15) is 39.0 Å². The van der Waals surface area contributed by atoms with Crippen molar-refractivity contribution in [2.24, 2.45) is 5.73 Å². The SMILES string of the molecule is CCC(=N)CCCC[C@H](N)C(=O)O. The largest absolute Gasteiger partial charge is 0.480 e. The van der Waals surface area contributed by atoms with E-state index in [2.05, 4.69) is 0 Å². The highest BCUT2D eigenvalue weighted by Gasteiger charge is 2.09. The summed E-state index contributed by atoms with van der Waals surface area (Å²) in [6.07, 6.45) is 3.71. The zero-order valence-electron chi connectivity index (χ0n) is 8.05. The van der Waals surface area contributed by atoms with Crippen molar-refractivity contribution in [1.29, 1.82) is 5.41 Å². The van der Waals surface area contributed by atoms with Gasteiger partial charge in [-0.1, -0.05) is 13.3 Å². The van der Waals surface area contributed by atoms with Crippen LogP contribution in [0.15, 0.2) is 0 Å². The van der Waals surface area contributed by atoms with Crippen molar-refractivity contribution in [3.63, 3.8) is 0 Å². The van der Waals surface area contributed by atoms with Crippen molar-refractivity contribution in [1.82, 2.24) is 0 Å². The Morgan fingerprint density at radius 2 is 2.15 bits per heavy atom. The molecule has 76 valence electrons. The molecule has 0 spiro atoms. The monoisotopic (exact) mass is 186 g/mol. The third kappa shape index (κ3) is 6.28. The molecule has 0 aromatic heterocycles. The summed E-state index contributed by atoms with van der Waals surface area (Å²) in [6, 6.07) is -0.740. The second kappa shape index (κ2) is 6.60. The Morgan fingerprint density at radius 3 is 2.62 bits per heavy atom. The number of nitrogens with one attached hydrogen (secondary N) is 1. The second-order valence-corrected chi connectivity index (χ2v) is 3.15. The van der Waals surface area contributed by atoms with Gasteiger partial charge in [-0.25, -0.2) is 0 Å². The number of aliphatic carboxylic acids is 1. The molecule has 0 bridgehead atoms. The minimum atomic E-state index is -0.939. The molecule has 0 rings (SSSR count). The van der Waals surface area contributed by atoms with Crippen molar-refractivity contribution in [3.8, 4) is 0 Å². The number of unbranched alkanes of at least 4 members (excludes halogenated alkanes) is 1. The average Bonchev–Trinajstić information content (AvgIpc) is 2.11. The summed E-state index contributed by atoms with van der Waals surface area (Å²) >= 11 is 0. The van der Waals surface area contributed by atoms with E-state index in [1.165, 1.54) is 0 Å². The molecule has 0 aliphatic carbocycles. The average molecular weight is 186 g/mol. The molecule has 4 nitrogen and oxygen atoms in total. The fourth-order valence-electron chi connectivity index (χ4n) is 1.00. The fraction of sp³-hybridized carbons (Fsp3) is 0.778. The summed E-state index contributed by atoms with van der Waals surface area (Å²) in [6.45, 7) is 1.95. The minimum absolute atomic E-state index is 0.506. The lowest BCUT2D eigenvalue weighted by molar-refractivity contribution is -0.138. The molecule has 0 heterocycles. The third-order valence-electron chi connectivity index (χ3n) is 1.99. The van der Waals surface area contributed by atoms with Crippen LogP contribution in [-0.4, -0.2) is 22.8 Å². The molecule has 13 heavy (non-hydrogen) atoms. The fourth-order valence-corrected chi connectivity index (χ4v) is 1.00. The highest BCUT2D eigenvalue weighted by Crippen LogP contribution is 2.04. The van der Waals surface area contributed by atoms with Gasteiger partial charge in [-0.05, 0) is 25.7 Å². The smallest absolute Gasteiger partial charge is 0.320 e. The van der Waals surface area contributed by atoms with E-state index >= 15 is 0 Å². The molecule has 0 radical (unpaired) electrons. The van der Waals surface area contributed by atoms with Gasteiger partial charge in [0.1, 0.15) is 6.04 Å². The van der Waals surface area contributed by atoms with Crippen molar-refractivity contribution in [2.75, 3.05) is 0 Å². The van der Waals surface area contributed by atoms with Crippen LogP contribution in [0.2, 0.25) is 0 Å². The first-order valence-electron chi connectivity index (χ1n) is 4.62. The summed E-state index contributed by atoms with van der Waals surface area (Å²) < 4.78 is 0. The number of rotatable bonds is 7. The van der Waals surface area contributed by atoms with Crippen LogP contribution < -0.4 is 5.73 Å². The molecule has 0 saturated carbocycles. The van der Waals surface area contributed by atoms with E-state index < -0.39 is 12.0 Å². The van der Waals surface area contributed by atoms with Gasteiger partial charge in [0.05, 0.1) is 0 Å². The predicted molar refractivity (Wildman–Crippen MR) is 52.1 cm³/mol. The maximum absolute atomic E-state index is 10.3. The quantitative estimate of drug-likeness (QED) is 0.414. The van der Waals surface area contributed by atoms with Gasteiger partial charge in [0.2, 0.25) is 0 Å². The standard InChI is InChI=1S/C9H18N2O2/c1-2-7(10)5-3-4-6-8(11)9(12)13/h8,10H,2-6,11H2,1H3,(H,12,13)/t8-/m0/s1. The molecule has 4 heteroatoms. The minimum Gasteiger partial charge on any atom is -0.480 e. The summed E-state index contributed by atoms with van der Waals surface area (Å²) in [5.74, 6) is -0.939. The molecule has 0 aliphatic heterocycles. The summed E-state index contributed by atoms with van der Waals surface area (Å²) in [5, 5.41) is 15.8. The zero-order valence-corrected chi connectivity index (χ0v) is 8.05. The lowest BCUT2D eigenvalue weighted by Crippen LogP contribution is -2.29. The summed E-state index contributed by atoms with van der Waals surface area (Å²) in [4.78, 5) is 10.3. The van der Waals surface area contributed by atoms with Crippen LogP contribution in [0.5, 0.6) is 0 Å². The van der Waals surface area contributed by atoms with Crippen LogP contribution in [0.4, 0.5) is 0 Å². The van der Waals surface area contributed by atoms with E-state index in [0.717, 1.165) is 31.4 Å². The van der Waals surface area contributed by atoms with E-state index in [0.29, 0.717) is 6.42 Å². The Balaban J connectivity index is 3.35. The van der Waals surface area contributed by atoms with Crippen LogP contribution in [0, 0.1) is 5.41 Å². The van der Waals surface area contributed by atoms with Gasteiger partial charge in [0.15, 0.2) is 0 Å². The van der Waals surface area contributed by atoms with Gasteiger partial charge in [-0.2, -0.15) is 0 Å². The van der Waals surface area contributed by atoms with Gasteiger partial charge in [-0.3, -0.25) is 4.79 Å². The Kier molecular flexibility index (Phi) is 6.14. The van der Waals surface area contributed by atoms with E-state index in [1.54, 1.807) is 0 Å². The lowest BCUT2D eigenvalue weighted by atomic mass is 10.1. The maximum Gasteiger partial charge on any atom is 0.320 e. The van der Waals surface area contributed by atoms with E-state index in [-0.39, 0.29) is 0 Å². The van der Waals surface area contributed by atoms with Gasteiger partial charge in [0.25, 0.3) is 0 Å². The molecular formula is C9H18N2O2. The lowest BCUT2D eigenvalue weighted by Gasteiger charge is -2.05. The highest BCUT2D eigenvalue weighted by atomic mass is 16.4. The number of carboxylic acids is 1. The van der Waals surface area contributed by atoms with E-state index in [4.69, 9.17) is 16.2 Å². The molecule has 4 N–H and O–H groups in total. The van der Waals surface area contributed by atoms with Gasteiger partial charge < -0.3 is 16.2 Å². The van der Waals surface area contributed by atoms with Crippen molar-refractivity contribution in [3.05, 3.63) is 0 Å². The number of carboxylic acid groups (broad SMARTS) is 1. The molecule has 0 aromatic carbocycles. The topological polar surface area (TPSA) is 87.2 Å². The highest BCUT2D eigenvalue weighted by molar-refractivity contribution is 5.80. The zero-order chi connectivity index (χ0) is 10.3. The van der Waals surface area contributed by atoms with Crippen LogP contribution in [0.3, 0.4) is 0 Å². The first kappa shape index (κ1) is 12.1. The van der Waals surface area contributed by atoms with E-state index in [1.807, 2.05) is 6.92 Å². The molecule has 0 unspecified atom stereocenters. The van der Waals surface area contributed by atoms with Crippen LogP contribution >= 0.6 is 0 Å². The number of hydrogen-bond donors (Lipinski definition) is 3. The molecule has 1 atom stereocenters. The predicted octanol–water partition coefficient (Wildman–Crippen LogP) is 1.39. The summed E-state index contributed by atoms with van der Waals surface area (Å²) in [7, 11) is 0. The molecule has 0 fully saturated rings. The van der Waals surface area contributed by atoms with Gasteiger partial charge >= 0.3 is 5.97 Å². The molecule has 0 aliphatic rings. The Bertz CT molecular complexity index is 180. The number of nitrogens with two attached hydrogens (primary N) is 1. The Morgan fingerprint density at radius 1 is 1.54 bits per heavy atom. The molecule has 0 aromatic rings.